The van der Waals surface area contributed by atoms with Crippen molar-refractivity contribution in [3.8, 4) is 5.69 Å². The quantitative estimate of drug-likeness (QED) is 0.855. The summed E-state index contributed by atoms with van der Waals surface area (Å²) in [6, 6.07) is 5.79. The molecule has 2 rings (SSSR count). The van der Waals surface area contributed by atoms with Gasteiger partial charge in [0.15, 0.2) is 0 Å². The van der Waals surface area contributed by atoms with Gasteiger partial charge in [0.2, 0.25) is 20.9 Å². The maximum atomic E-state index is 12.7. The van der Waals surface area contributed by atoms with E-state index in [0.717, 1.165) is 16.8 Å². The Morgan fingerprint density at radius 1 is 1.28 bits per heavy atom. The van der Waals surface area contributed by atoms with Gasteiger partial charge in [0.25, 0.3) is 0 Å². The number of aromatic nitrogens is 2. The minimum Gasteiger partial charge on any atom is -0.350 e. The van der Waals surface area contributed by atoms with Gasteiger partial charge in [-0.2, -0.15) is 0 Å². The molecule has 0 unspecified atom stereocenters. The van der Waals surface area contributed by atoms with E-state index in [9.17, 15) is 13.2 Å². The summed E-state index contributed by atoms with van der Waals surface area (Å²) < 4.78 is 27.0. The van der Waals surface area contributed by atoms with Gasteiger partial charge in [-0.3, -0.25) is 9.36 Å². The number of hydrogen-bond acceptors (Lipinski definition) is 4. The molecular formula is C18H25N3O3S. The number of sulfone groups is 1. The highest BCUT2D eigenvalue weighted by molar-refractivity contribution is 7.92. The molecule has 1 aromatic carbocycles. The van der Waals surface area contributed by atoms with Crippen molar-refractivity contribution in [1.82, 2.24) is 14.9 Å². The SMILES string of the molecule is CCC(C)(C)NC(=O)CS(=O)(=O)c1nccn1-c1cc(C)ccc1C. The zero-order valence-electron chi connectivity index (χ0n) is 15.3. The first kappa shape index (κ1) is 19.2. The molecule has 0 fully saturated rings. The monoisotopic (exact) mass is 363 g/mol. The van der Waals surface area contributed by atoms with Crippen LogP contribution in [0.1, 0.15) is 38.3 Å². The lowest BCUT2D eigenvalue weighted by atomic mass is 10.0. The Bertz CT molecular complexity index is 883. The third-order valence-electron chi connectivity index (χ3n) is 4.19. The van der Waals surface area contributed by atoms with E-state index >= 15 is 0 Å². The lowest BCUT2D eigenvalue weighted by Crippen LogP contribution is -2.45. The number of benzene rings is 1. The van der Waals surface area contributed by atoms with E-state index in [1.165, 1.54) is 10.8 Å². The molecule has 7 heteroatoms. The van der Waals surface area contributed by atoms with Crippen molar-refractivity contribution >= 4 is 15.7 Å². The minimum absolute atomic E-state index is 0.120. The van der Waals surface area contributed by atoms with Crippen LogP contribution in [0.4, 0.5) is 0 Å². The summed E-state index contributed by atoms with van der Waals surface area (Å²) in [5.74, 6) is -1.15. The standard InChI is InChI=1S/C18H25N3O3S/c1-6-18(4,5)20-16(22)12-25(23,24)17-19-9-10-21(17)15-11-13(2)7-8-14(15)3/h7-11H,6,12H2,1-5H3,(H,20,22). The van der Waals surface area contributed by atoms with Crippen LogP contribution in [0.15, 0.2) is 35.7 Å². The van der Waals surface area contributed by atoms with Crippen molar-refractivity contribution < 1.29 is 13.2 Å². The number of nitrogens with one attached hydrogen (secondary N) is 1. The van der Waals surface area contributed by atoms with Crippen molar-refractivity contribution in [1.29, 1.82) is 0 Å². The predicted octanol–water partition coefficient (Wildman–Crippen LogP) is 2.57. The molecule has 0 aliphatic rings. The van der Waals surface area contributed by atoms with E-state index < -0.39 is 27.0 Å². The second kappa shape index (κ2) is 7.00. The van der Waals surface area contributed by atoms with Crippen LogP contribution in [0.25, 0.3) is 5.69 Å². The largest absolute Gasteiger partial charge is 0.350 e. The summed E-state index contributed by atoms with van der Waals surface area (Å²) in [5, 5.41) is 2.63. The van der Waals surface area contributed by atoms with E-state index in [0.29, 0.717) is 6.42 Å². The maximum Gasteiger partial charge on any atom is 0.236 e. The van der Waals surface area contributed by atoms with Gasteiger partial charge in [0.05, 0.1) is 5.69 Å². The normalized spacial score (nSPS) is 12.2. The Morgan fingerprint density at radius 2 is 1.96 bits per heavy atom. The lowest BCUT2D eigenvalue weighted by molar-refractivity contribution is -0.120. The predicted molar refractivity (Wildman–Crippen MR) is 97.6 cm³/mol. The first-order valence-electron chi connectivity index (χ1n) is 8.20. The fraction of sp³-hybridized carbons (Fsp3) is 0.444. The Kier molecular flexibility index (Phi) is 5.37. The number of hydrogen-bond donors (Lipinski definition) is 1. The van der Waals surface area contributed by atoms with Crippen molar-refractivity contribution in [3.63, 3.8) is 0 Å². The van der Waals surface area contributed by atoms with Crippen LogP contribution in [-0.4, -0.2) is 35.2 Å². The Morgan fingerprint density at radius 3 is 2.60 bits per heavy atom. The highest BCUT2D eigenvalue weighted by atomic mass is 32.2. The fourth-order valence-electron chi connectivity index (χ4n) is 2.42. The molecule has 6 nitrogen and oxygen atoms in total. The van der Waals surface area contributed by atoms with Crippen molar-refractivity contribution in [2.75, 3.05) is 5.75 Å². The smallest absolute Gasteiger partial charge is 0.236 e. The second-order valence-corrected chi connectivity index (χ2v) is 8.80. The van der Waals surface area contributed by atoms with Crippen LogP contribution in [0.2, 0.25) is 0 Å². The molecule has 1 aromatic heterocycles. The minimum atomic E-state index is -3.87. The zero-order valence-corrected chi connectivity index (χ0v) is 16.1. The molecule has 0 spiro atoms. The van der Waals surface area contributed by atoms with Crippen LogP contribution in [-0.2, 0) is 14.6 Å². The molecule has 2 aromatic rings. The molecule has 0 atom stereocenters. The summed E-state index contributed by atoms with van der Waals surface area (Å²) in [7, 11) is -3.87. The topological polar surface area (TPSA) is 81.1 Å². The van der Waals surface area contributed by atoms with Crippen molar-refractivity contribution in [2.45, 2.75) is 51.7 Å². The summed E-state index contributed by atoms with van der Waals surface area (Å²) in [5.41, 5.74) is 2.23. The maximum absolute atomic E-state index is 12.7. The average molecular weight is 363 g/mol. The number of rotatable bonds is 6. The van der Waals surface area contributed by atoms with E-state index in [1.807, 2.05) is 52.8 Å². The molecular weight excluding hydrogens is 338 g/mol. The molecule has 1 heterocycles. The molecule has 1 amide bonds. The molecule has 0 aliphatic carbocycles. The number of nitrogens with zero attached hydrogens (tertiary/aromatic N) is 2. The van der Waals surface area contributed by atoms with Gasteiger partial charge in [-0.25, -0.2) is 13.4 Å². The molecule has 1 N–H and O–H groups in total. The number of imidazole rings is 1. The van der Waals surface area contributed by atoms with Crippen LogP contribution >= 0.6 is 0 Å². The highest BCUT2D eigenvalue weighted by Gasteiger charge is 2.28. The van der Waals surface area contributed by atoms with E-state index in [4.69, 9.17) is 0 Å². The third kappa shape index (κ3) is 4.48. The van der Waals surface area contributed by atoms with Crippen LogP contribution in [0.3, 0.4) is 0 Å². The first-order valence-corrected chi connectivity index (χ1v) is 9.86. The summed E-state index contributed by atoms with van der Waals surface area (Å²) in [6.45, 7) is 9.49. The summed E-state index contributed by atoms with van der Waals surface area (Å²) in [6.07, 6.45) is 3.74. The van der Waals surface area contributed by atoms with Gasteiger partial charge in [-0.05, 0) is 51.3 Å². The number of amides is 1. The highest BCUT2D eigenvalue weighted by Crippen LogP contribution is 2.21. The molecule has 0 radical (unpaired) electrons. The van der Waals surface area contributed by atoms with Crippen molar-refractivity contribution in [3.05, 3.63) is 41.7 Å². The Labute approximate surface area is 149 Å². The third-order valence-corrected chi connectivity index (χ3v) is 5.69. The number of aryl methyl sites for hydroxylation is 2. The van der Waals surface area contributed by atoms with E-state index in [2.05, 4.69) is 10.3 Å². The Balaban J connectivity index is 2.35. The lowest BCUT2D eigenvalue weighted by Gasteiger charge is -2.24. The van der Waals surface area contributed by atoms with Crippen molar-refractivity contribution in [2.24, 2.45) is 0 Å². The molecule has 0 saturated heterocycles. The second-order valence-electron chi connectivity index (χ2n) is 6.91. The summed E-state index contributed by atoms with van der Waals surface area (Å²) >= 11 is 0. The number of carbonyl (C=O) groups excluding carboxylic acids is 1. The fourth-order valence-corrected chi connectivity index (χ4v) is 3.65. The van der Waals surface area contributed by atoms with E-state index in [-0.39, 0.29) is 5.16 Å². The van der Waals surface area contributed by atoms with Gasteiger partial charge < -0.3 is 5.32 Å². The van der Waals surface area contributed by atoms with Gasteiger partial charge >= 0.3 is 0 Å². The van der Waals surface area contributed by atoms with Gasteiger partial charge in [-0.15, -0.1) is 0 Å². The van der Waals surface area contributed by atoms with Gasteiger partial charge in [-0.1, -0.05) is 19.1 Å². The molecule has 136 valence electrons. The first-order chi connectivity index (χ1) is 11.6. The Hall–Kier alpha value is -2.15. The summed E-state index contributed by atoms with van der Waals surface area (Å²) in [4.78, 5) is 16.2. The van der Waals surface area contributed by atoms with Crippen LogP contribution in [0.5, 0.6) is 0 Å². The number of carbonyl (C=O) groups is 1. The molecule has 0 saturated carbocycles. The van der Waals surface area contributed by atoms with E-state index in [1.54, 1.807) is 6.20 Å². The average Bonchev–Trinajstić information content (AvgIpc) is 2.98. The van der Waals surface area contributed by atoms with Gasteiger partial charge in [0, 0.05) is 17.9 Å². The van der Waals surface area contributed by atoms with Crippen LogP contribution < -0.4 is 5.32 Å². The van der Waals surface area contributed by atoms with Crippen LogP contribution in [0, 0.1) is 13.8 Å². The molecule has 0 aliphatic heterocycles. The molecule has 25 heavy (non-hydrogen) atoms. The molecule has 0 bridgehead atoms. The van der Waals surface area contributed by atoms with Gasteiger partial charge in [0.1, 0.15) is 5.75 Å². The zero-order chi connectivity index (χ0) is 18.8.